The van der Waals surface area contributed by atoms with Crippen molar-refractivity contribution >= 4 is 40.7 Å². The number of nitrogens with zero attached hydrogens (tertiary/aromatic N) is 2. The molecule has 1 fully saturated rings. The van der Waals surface area contributed by atoms with Crippen LogP contribution in [0, 0.1) is 0 Å². The summed E-state index contributed by atoms with van der Waals surface area (Å²) >= 11 is 0. The van der Waals surface area contributed by atoms with E-state index in [-0.39, 0.29) is 34.8 Å². The number of hydrogen-bond donors (Lipinski definition) is 2. The Labute approximate surface area is 183 Å². The van der Waals surface area contributed by atoms with E-state index in [1.807, 2.05) is 32.9 Å². The molecule has 0 spiro atoms. The SMILES string of the molecule is CN=C(NCCS(=O)C(C)(C)C)NCC(c1ccco1)N1CCCCC1.I. The Morgan fingerprint density at radius 3 is 2.56 bits per heavy atom. The zero-order chi connectivity index (χ0) is 19.0. The smallest absolute Gasteiger partial charge is 0.191 e. The highest BCUT2D eigenvalue weighted by atomic mass is 127. The van der Waals surface area contributed by atoms with Crippen molar-refractivity contribution < 1.29 is 8.63 Å². The molecule has 0 aliphatic carbocycles. The number of rotatable bonds is 7. The number of aliphatic imine (C=N–C) groups is 1. The molecule has 2 unspecified atom stereocenters. The van der Waals surface area contributed by atoms with Crippen LogP contribution in [-0.4, -0.2) is 58.8 Å². The number of guanidine groups is 1. The molecule has 156 valence electrons. The molecule has 0 aromatic carbocycles. The fourth-order valence-corrected chi connectivity index (χ4v) is 4.00. The second kappa shape index (κ2) is 12.1. The van der Waals surface area contributed by atoms with Gasteiger partial charge in [0, 0.05) is 41.4 Å². The van der Waals surface area contributed by atoms with Crippen molar-refractivity contribution in [1.29, 1.82) is 0 Å². The number of piperidine rings is 1. The van der Waals surface area contributed by atoms with Crippen molar-refractivity contribution in [1.82, 2.24) is 15.5 Å². The van der Waals surface area contributed by atoms with E-state index < -0.39 is 10.8 Å². The van der Waals surface area contributed by atoms with Crippen molar-refractivity contribution in [3.05, 3.63) is 24.2 Å². The summed E-state index contributed by atoms with van der Waals surface area (Å²) in [6.07, 6.45) is 5.52. The van der Waals surface area contributed by atoms with Gasteiger partial charge in [-0.2, -0.15) is 0 Å². The number of halogens is 1. The number of furan rings is 1. The van der Waals surface area contributed by atoms with Gasteiger partial charge in [-0.15, -0.1) is 24.0 Å². The van der Waals surface area contributed by atoms with Crippen molar-refractivity contribution in [3.63, 3.8) is 0 Å². The fraction of sp³-hybridized carbons (Fsp3) is 0.737. The van der Waals surface area contributed by atoms with Crippen molar-refractivity contribution in [2.75, 3.05) is 39.0 Å². The second-order valence-electron chi connectivity index (χ2n) is 7.67. The molecular formula is C19H35IN4O2S. The van der Waals surface area contributed by atoms with Crippen LogP contribution in [0.25, 0.3) is 0 Å². The molecule has 2 atom stereocenters. The van der Waals surface area contributed by atoms with Crippen LogP contribution in [0.3, 0.4) is 0 Å². The molecule has 2 N–H and O–H groups in total. The van der Waals surface area contributed by atoms with Crippen LogP contribution in [0.4, 0.5) is 0 Å². The standard InChI is InChI=1S/C19H34N4O2S.HI/c1-19(2,3)26(24)14-10-21-18(20-4)22-15-16(17-9-8-13-25-17)23-11-6-5-7-12-23;/h8-9,13,16H,5-7,10-12,14-15H2,1-4H3,(H2,20,21,22);1H. The van der Waals surface area contributed by atoms with E-state index >= 15 is 0 Å². The van der Waals surface area contributed by atoms with E-state index in [1.165, 1.54) is 19.3 Å². The minimum atomic E-state index is -0.865. The molecule has 0 bridgehead atoms. The maximum atomic E-state index is 12.2. The summed E-state index contributed by atoms with van der Waals surface area (Å²) in [4.78, 5) is 6.78. The van der Waals surface area contributed by atoms with Crippen molar-refractivity contribution in [2.24, 2.45) is 4.99 Å². The molecule has 0 radical (unpaired) electrons. The third kappa shape index (κ3) is 8.11. The Morgan fingerprint density at radius 1 is 1.30 bits per heavy atom. The molecule has 2 rings (SSSR count). The van der Waals surface area contributed by atoms with Gasteiger partial charge in [0.15, 0.2) is 5.96 Å². The van der Waals surface area contributed by atoms with Gasteiger partial charge in [-0.3, -0.25) is 14.1 Å². The van der Waals surface area contributed by atoms with Gasteiger partial charge in [0.2, 0.25) is 0 Å². The summed E-state index contributed by atoms with van der Waals surface area (Å²) in [5.74, 6) is 2.34. The van der Waals surface area contributed by atoms with Gasteiger partial charge in [-0.05, 0) is 58.8 Å². The molecule has 1 aromatic rings. The summed E-state index contributed by atoms with van der Waals surface area (Å²) in [6, 6.07) is 4.19. The highest BCUT2D eigenvalue weighted by Crippen LogP contribution is 2.24. The van der Waals surface area contributed by atoms with E-state index in [2.05, 4.69) is 20.5 Å². The Bertz CT molecular complexity index is 581. The average molecular weight is 510 g/mol. The molecule has 1 aromatic heterocycles. The number of nitrogens with one attached hydrogen (secondary N) is 2. The topological polar surface area (TPSA) is 69.9 Å². The van der Waals surface area contributed by atoms with Crippen LogP contribution >= 0.6 is 24.0 Å². The Kier molecular flexibility index (Phi) is 10.9. The van der Waals surface area contributed by atoms with Crippen LogP contribution < -0.4 is 10.6 Å². The Balaban J connectivity index is 0.00000364. The van der Waals surface area contributed by atoms with Gasteiger partial charge in [-0.1, -0.05) is 6.42 Å². The van der Waals surface area contributed by atoms with Gasteiger partial charge in [-0.25, -0.2) is 0 Å². The Hall–Kier alpha value is -0.610. The first-order valence-electron chi connectivity index (χ1n) is 9.52. The summed E-state index contributed by atoms with van der Waals surface area (Å²) in [5.41, 5.74) is 0. The Morgan fingerprint density at radius 2 is 2.00 bits per heavy atom. The first-order valence-corrected chi connectivity index (χ1v) is 10.8. The molecule has 0 saturated carbocycles. The van der Waals surface area contributed by atoms with E-state index in [1.54, 1.807) is 13.3 Å². The van der Waals surface area contributed by atoms with Gasteiger partial charge >= 0.3 is 0 Å². The molecule has 0 amide bonds. The zero-order valence-corrected chi connectivity index (χ0v) is 20.1. The predicted octanol–water partition coefficient (Wildman–Crippen LogP) is 3.14. The van der Waals surface area contributed by atoms with Crippen LogP contribution in [0.5, 0.6) is 0 Å². The highest BCUT2D eigenvalue weighted by molar-refractivity contribution is 14.0. The first kappa shape index (κ1) is 24.4. The minimum Gasteiger partial charge on any atom is -0.468 e. The van der Waals surface area contributed by atoms with Crippen molar-refractivity contribution in [2.45, 2.75) is 50.8 Å². The molecule has 6 nitrogen and oxygen atoms in total. The maximum absolute atomic E-state index is 12.2. The van der Waals surface area contributed by atoms with Crippen molar-refractivity contribution in [3.8, 4) is 0 Å². The fourth-order valence-electron chi connectivity index (χ4n) is 3.10. The second-order valence-corrected chi connectivity index (χ2v) is 9.99. The molecule has 8 heteroatoms. The van der Waals surface area contributed by atoms with Crippen LogP contribution in [-0.2, 0) is 10.8 Å². The summed E-state index contributed by atoms with van der Waals surface area (Å²) in [6.45, 7) is 9.58. The van der Waals surface area contributed by atoms with E-state index in [0.29, 0.717) is 12.3 Å². The number of likely N-dealkylation sites (tertiary alicyclic amines) is 1. The normalized spacial score (nSPS) is 18.4. The molecule has 1 aliphatic rings. The lowest BCUT2D eigenvalue weighted by Gasteiger charge is -2.33. The van der Waals surface area contributed by atoms with Gasteiger partial charge in [0.25, 0.3) is 0 Å². The monoisotopic (exact) mass is 510 g/mol. The van der Waals surface area contributed by atoms with Crippen LogP contribution in [0.15, 0.2) is 27.8 Å². The van der Waals surface area contributed by atoms with Gasteiger partial charge in [0.05, 0.1) is 12.3 Å². The molecule has 1 saturated heterocycles. The first-order chi connectivity index (χ1) is 12.4. The quantitative estimate of drug-likeness (QED) is 0.335. The van der Waals surface area contributed by atoms with E-state index in [9.17, 15) is 4.21 Å². The average Bonchev–Trinajstić information content (AvgIpc) is 3.14. The largest absolute Gasteiger partial charge is 0.468 e. The lowest BCUT2D eigenvalue weighted by molar-refractivity contribution is 0.146. The minimum absolute atomic E-state index is 0. The lowest BCUT2D eigenvalue weighted by Crippen LogP contribution is -2.45. The third-order valence-corrected chi connectivity index (χ3v) is 6.59. The van der Waals surface area contributed by atoms with Crippen LogP contribution in [0.1, 0.15) is 51.8 Å². The highest BCUT2D eigenvalue weighted by Gasteiger charge is 2.24. The molecule has 2 heterocycles. The predicted molar refractivity (Wildman–Crippen MR) is 124 cm³/mol. The third-order valence-electron chi connectivity index (χ3n) is 4.65. The maximum Gasteiger partial charge on any atom is 0.191 e. The van der Waals surface area contributed by atoms with E-state index in [0.717, 1.165) is 31.4 Å². The zero-order valence-electron chi connectivity index (χ0n) is 17.0. The summed E-state index contributed by atoms with van der Waals surface area (Å²) in [5, 5.41) is 6.68. The van der Waals surface area contributed by atoms with Crippen LogP contribution in [0.2, 0.25) is 0 Å². The lowest BCUT2D eigenvalue weighted by atomic mass is 10.1. The van der Waals surface area contributed by atoms with E-state index in [4.69, 9.17) is 4.42 Å². The summed E-state index contributed by atoms with van der Waals surface area (Å²) < 4.78 is 17.7. The molecule has 1 aliphatic heterocycles. The van der Waals surface area contributed by atoms with Gasteiger partial charge in [0.1, 0.15) is 5.76 Å². The van der Waals surface area contributed by atoms with Gasteiger partial charge < -0.3 is 15.1 Å². The molecular weight excluding hydrogens is 475 g/mol. The molecule has 27 heavy (non-hydrogen) atoms. The number of hydrogen-bond acceptors (Lipinski definition) is 4. The summed E-state index contributed by atoms with van der Waals surface area (Å²) in [7, 11) is 0.898.